The lowest BCUT2D eigenvalue weighted by Crippen LogP contribution is -2.27. The Morgan fingerprint density at radius 3 is 2.54 bits per heavy atom. The molecule has 26 heavy (non-hydrogen) atoms. The Morgan fingerprint density at radius 1 is 1.15 bits per heavy atom. The van der Waals surface area contributed by atoms with Crippen LogP contribution in [-0.2, 0) is 11.3 Å². The normalized spacial score (nSPS) is 15.8. The number of halogens is 1. The van der Waals surface area contributed by atoms with Gasteiger partial charge in [-0.1, -0.05) is 47.5 Å². The molecule has 1 saturated heterocycles. The van der Waals surface area contributed by atoms with Crippen molar-refractivity contribution in [2.75, 3.05) is 6.61 Å². The number of amides is 2. The summed E-state index contributed by atoms with van der Waals surface area (Å²) in [5.41, 5.74) is 2.80. The fourth-order valence-corrected chi connectivity index (χ4v) is 3.62. The van der Waals surface area contributed by atoms with Crippen molar-refractivity contribution in [3.63, 3.8) is 0 Å². The third kappa shape index (κ3) is 4.11. The number of benzene rings is 2. The smallest absolute Gasteiger partial charge is 0.293 e. The van der Waals surface area contributed by atoms with Gasteiger partial charge in [0, 0.05) is 0 Å². The van der Waals surface area contributed by atoms with Gasteiger partial charge < -0.3 is 4.74 Å². The van der Waals surface area contributed by atoms with Crippen LogP contribution in [0.2, 0.25) is 5.02 Å². The molecule has 0 bridgehead atoms. The summed E-state index contributed by atoms with van der Waals surface area (Å²) in [6.45, 7) is 4.67. The van der Waals surface area contributed by atoms with E-state index >= 15 is 0 Å². The zero-order valence-electron chi connectivity index (χ0n) is 14.5. The van der Waals surface area contributed by atoms with Gasteiger partial charge in [0.15, 0.2) is 0 Å². The van der Waals surface area contributed by atoms with Crippen LogP contribution in [0, 0.1) is 6.92 Å². The van der Waals surface area contributed by atoms with Crippen molar-refractivity contribution in [1.29, 1.82) is 0 Å². The van der Waals surface area contributed by atoms with E-state index in [1.165, 1.54) is 4.90 Å². The Bertz CT molecular complexity index is 877. The fraction of sp³-hybridized carbons (Fsp3) is 0.200. The number of hydrogen-bond donors (Lipinski definition) is 0. The Kier molecular flexibility index (Phi) is 5.69. The molecule has 6 heteroatoms. The maximum atomic E-state index is 12.6. The first-order valence-corrected chi connectivity index (χ1v) is 9.40. The number of carbonyl (C=O) groups excluding carboxylic acids is 2. The first-order chi connectivity index (χ1) is 12.5. The Balaban J connectivity index is 1.78. The van der Waals surface area contributed by atoms with E-state index in [0.717, 1.165) is 28.5 Å². The van der Waals surface area contributed by atoms with Crippen LogP contribution in [0.15, 0.2) is 47.4 Å². The maximum Gasteiger partial charge on any atom is 0.293 e. The summed E-state index contributed by atoms with van der Waals surface area (Å²) >= 11 is 7.13. The second-order valence-corrected chi connectivity index (χ2v) is 7.28. The summed E-state index contributed by atoms with van der Waals surface area (Å²) in [6.07, 6.45) is 1.68. The molecule has 2 amide bonds. The molecule has 2 aromatic rings. The van der Waals surface area contributed by atoms with Crippen LogP contribution >= 0.6 is 23.4 Å². The van der Waals surface area contributed by atoms with Gasteiger partial charge in [-0.2, -0.15) is 0 Å². The Hall–Kier alpha value is -2.24. The van der Waals surface area contributed by atoms with E-state index in [1.807, 2.05) is 44.2 Å². The highest BCUT2D eigenvalue weighted by Crippen LogP contribution is 2.34. The summed E-state index contributed by atoms with van der Waals surface area (Å²) in [5, 5.41) is 0.207. The van der Waals surface area contributed by atoms with Crippen LogP contribution in [0.3, 0.4) is 0 Å². The van der Waals surface area contributed by atoms with E-state index < -0.39 is 0 Å². The number of thioether (sulfide) groups is 1. The second kappa shape index (κ2) is 7.98. The van der Waals surface area contributed by atoms with Crippen LogP contribution in [0.5, 0.6) is 5.75 Å². The van der Waals surface area contributed by atoms with E-state index in [1.54, 1.807) is 18.2 Å². The van der Waals surface area contributed by atoms with Gasteiger partial charge in [-0.05, 0) is 54.9 Å². The molecule has 0 radical (unpaired) electrons. The van der Waals surface area contributed by atoms with Crippen LogP contribution < -0.4 is 4.74 Å². The monoisotopic (exact) mass is 387 g/mol. The molecule has 0 unspecified atom stereocenters. The van der Waals surface area contributed by atoms with Crippen molar-refractivity contribution in [2.24, 2.45) is 0 Å². The predicted octanol–water partition coefficient (Wildman–Crippen LogP) is 5.28. The average molecular weight is 388 g/mol. The third-order valence-electron chi connectivity index (χ3n) is 3.89. The lowest BCUT2D eigenvalue weighted by molar-refractivity contribution is -0.123. The van der Waals surface area contributed by atoms with Crippen LogP contribution in [0.4, 0.5) is 4.79 Å². The number of hydrogen-bond acceptors (Lipinski definition) is 4. The second-order valence-electron chi connectivity index (χ2n) is 5.88. The molecule has 1 aliphatic heterocycles. The highest BCUT2D eigenvalue weighted by atomic mass is 35.5. The molecule has 0 N–H and O–H groups in total. The number of carbonyl (C=O) groups is 2. The van der Waals surface area contributed by atoms with Gasteiger partial charge in [0.05, 0.1) is 23.1 Å². The van der Waals surface area contributed by atoms with Crippen LogP contribution in [0.25, 0.3) is 6.08 Å². The quantitative estimate of drug-likeness (QED) is 0.654. The minimum Gasteiger partial charge on any atom is -0.492 e. The average Bonchev–Trinajstić information content (AvgIpc) is 2.87. The highest BCUT2D eigenvalue weighted by molar-refractivity contribution is 8.18. The van der Waals surface area contributed by atoms with E-state index in [0.29, 0.717) is 22.3 Å². The molecule has 134 valence electrons. The molecule has 0 atom stereocenters. The SMILES string of the molecule is CCOc1ccc(/C=C2\SC(=O)N(Cc3ccc(C)cc3)C2=O)cc1Cl. The van der Waals surface area contributed by atoms with Crippen molar-refractivity contribution >= 4 is 40.6 Å². The lowest BCUT2D eigenvalue weighted by Gasteiger charge is -2.12. The Labute approximate surface area is 161 Å². The third-order valence-corrected chi connectivity index (χ3v) is 5.09. The molecule has 1 fully saturated rings. The summed E-state index contributed by atoms with van der Waals surface area (Å²) < 4.78 is 5.40. The van der Waals surface area contributed by atoms with Gasteiger partial charge >= 0.3 is 0 Å². The van der Waals surface area contributed by atoms with Gasteiger partial charge in [-0.15, -0.1) is 0 Å². The maximum absolute atomic E-state index is 12.6. The molecule has 1 heterocycles. The number of imide groups is 1. The molecule has 0 aromatic heterocycles. The summed E-state index contributed by atoms with van der Waals surface area (Å²) in [6, 6.07) is 13.1. The van der Waals surface area contributed by atoms with Crippen molar-refractivity contribution in [2.45, 2.75) is 20.4 Å². The van der Waals surface area contributed by atoms with E-state index in [9.17, 15) is 9.59 Å². The standard InChI is InChI=1S/C20H18ClNO3S/c1-3-25-17-9-8-15(10-16(17)21)11-18-19(23)22(20(24)26-18)12-14-6-4-13(2)5-7-14/h4-11H,3,12H2,1-2H3/b18-11-. The van der Waals surface area contributed by atoms with E-state index in [-0.39, 0.29) is 17.7 Å². The zero-order chi connectivity index (χ0) is 18.7. The van der Waals surface area contributed by atoms with Gasteiger partial charge in [-0.25, -0.2) is 0 Å². The van der Waals surface area contributed by atoms with E-state index in [2.05, 4.69) is 0 Å². The van der Waals surface area contributed by atoms with Crippen LogP contribution in [-0.4, -0.2) is 22.7 Å². The largest absolute Gasteiger partial charge is 0.492 e. The number of rotatable bonds is 5. The van der Waals surface area contributed by atoms with Crippen LogP contribution in [0.1, 0.15) is 23.6 Å². The zero-order valence-corrected chi connectivity index (χ0v) is 16.1. The Morgan fingerprint density at radius 2 is 1.88 bits per heavy atom. The van der Waals surface area contributed by atoms with Gasteiger partial charge in [-0.3, -0.25) is 14.5 Å². The molecular weight excluding hydrogens is 370 g/mol. The van der Waals surface area contributed by atoms with Crippen molar-refractivity contribution in [3.05, 3.63) is 69.1 Å². The lowest BCUT2D eigenvalue weighted by atomic mass is 10.1. The highest BCUT2D eigenvalue weighted by Gasteiger charge is 2.34. The molecular formula is C20H18ClNO3S. The van der Waals surface area contributed by atoms with Gasteiger partial charge in [0.2, 0.25) is 0 Å². The minimum atomic E-state index is -0.286. The summed E-state index contributed by atoms with van der Waals surface area (Å²) in [4.78, 5) is 26.5. The van der Waals surface area contributed by atoms with Crippen molar-refractivity contribution < 1.29 is 14.3 Å². The fourth-order valence-electron chi connectivity index (χ4n) is 2.54. The number of nitrogens with zero attached hydrogens (tertiary/aromatic N) is 1. The molecule has 0 spiro atoms. The molecule has 0 aliphatic carbocycles. The van der Waals surface area contributed by atoms with Crippen molar-refractivity contribution in [1.82, 2.24) is 4.90 Å². The van der Waals surface area contributed by atoms with Gasteiger partial charge in [0.25, 0.3) is 11.1 Å². The summed E-state index contributed by atoms with van der Waals surface area (Å²) in [7, 11) is 0. The topological polar surface area (TPSA) is 46.6 Å². The first-order valence-electron chi connectivity index (χ1n) is 8.21. The summed E-state index contributed by atoms with van der Waals surface area (Å²) in [5.74, 6) is 0.310. The predicted molar refractivity (Wildman–Crippen MR) is 105 cm³/mol. The van der Waals surface area contributed by atoms with E-state index in [4.69, 9.17) is 16.3 Å². The first kappa shape index (κ1) is 18.5. The minimum absolute atomic E-state index is 0.265. The molecule has 4 nitrogen and oxygen atoms in total. The number of ether oxygens (including phenoxy) is 1. The molecule has 3 rings (SSSR count). The molecule has 0 saturated carbocycles. The number of aryl methyl sites for hydroxylation is 1. The molecule has 2 aromatic carbocycles. The van der Waals surface area contributed by atoms with Crippen molar-refractivity contribution in [3.8, 4) is 5.75 Å². The van der Waals surface area contributed by atoms with Gasteiger partial charge in [0.1, 0.15) is 5.75 Å². The molecule has 1 aliphatic rings.